The smallest absolute Gasteiger partial charge is 0.290 e. The van der Waals surface area contributed by atoms with Crippen molar-refractivity contribution < 1.29 is 14.4 Å². The maximum atomic E-state index is 11.6. The number of carbonyl (C=O) groups is 3. The van der Waals surface area contributed by atoms with E-state index in [1.54, 1.807) is 25.3 Å². The fraction of sp³-hybridized carbons (Fsp3) is 0.471. The molecule has 8 nitrogen and oxygen atoms in total. The number of nitrogens with zero attached hydrogens (tertiary/aromatic N) is 3. The van der Waals surface area contributed by atoms with Crippen LogP contribution >= 0.6 is 11.8 Å². The number of anilines is 1. The van der Waals surface area contributed by atoms with Crippen LogP contribution in [-0.4, -0.2) is 46.0 Å². The molecule has 138 valence electrons. The molecule has 3 N–H and O–H groups in total. The number of hydrogen-bond donors (Lipinski definition) is 2. The number of aromatic nitrogens is 2. The van der Waals surface area contributed by atoms with E-state index >= 15 is 0 Å². The van der Waals surface area contributed by atoms with Crippen molar-refractivity contribution in [2.75, 3.05) is 18.0 Å². The largest absolute Gasteiger partial charge is 0.341 e. The number of ketones is 1. The van der Waals surface area contributed by atoms with Crippen LogP contribution in [0.25, 0.3) is 6.08 Å². The Hall–Kier alpha value is -2.26. The van der Waals surface area contributed by atoms with Gasteiger partial charge in [-0.05, 0) is 49.6 Å². The summed E-state index contributed by atoms with van der Waals surface area (Å²) >= 11 is 0.864. The lowest BCUT2D eigenvalue weighted by molar-refractivity contribution is -0.117. The third-order valence-corrected chi connectivity index (χ3v) is 5.35. The van der Waals surface area contributed by atoms with E-state index in [0.717, 1.165) is 37.7 Å². The summed E-state index contributed by atoms with van der Waals surface area (Å²) in [5, 5.41) is 1.85. The van der Waals surface area contributed by atoms with Gasteiger partial charge in [0.25, 0.3) is 11.1 Å². The average Bonchev–Trinajstić information content (AvgIpc) is 2.92. The molecule has 2 amide bonds. The predicted octanol–water partition coefficient (Wildman–Crippen LogP) is 1.32. The number of piperidine rings is 1. The molecule has 2 saturated heterocycles. The fourth-order valence-corrected chi connectivity index (χ4v) is 3.84. The number of nitrogens with one attached hydrogen (secondary N) is 1. The van der Waals surface area contributed by atoms with Gasteiger partial charge in [-0.2, -0.15) is 0 Å². The highest BCUT2D eigenvalue weighted by atomic mass is 32.2. The topological polar surface area (TPSA) is 118 Å². The molecule has 1 aromatic heterocycles. The van der Waals surface area contributed by atoms with Crippen LogP contribution in [0.1, 0.15) is 31.9 Å². The van der Waals surface area contributed by atoms with Crippen molar-refractivity contribution in [3.05, 3.63) is 22.9 Å². The number of imide groups is 1. The number of amides is 2. The van der Waals surface area contributed by atoms with Gasteiger partial charge in [0.2, 0.25) is 5.95 Å². The summed E-state index contributed by atoms with van der Waals surface area (Å²) in [6, 6.07) is 1.60. The SMILES string of the molecule is CC(=O)CC(N)C1CCN(c2nccc(/C=C3\SC(=O)NC3=O)n2)CC1. The second kappa shape index (κ2) is 7.96. The zero-order valence-corrected chi connectivity index (χ0v) is 15.3. The summed E-state index contributed by atoms with van der Waals surface area (Å²) in [7, 11) is 0. The summed E-state index contributed by atoms with van der Waals surface area (Å²) in [6.07, 6.45) is 5.42. The van der Waals surface area contributed by atoms with E-state index < -0.39 is 5.91 Å². The first kappa shape index (κ1) is 18.5. The third kappa shape index (κ3) is 4.47. The lowest BCUT2D eigenvalue weighted by atomic mass is 9.87. The van der Waals surface area contributed by atoms with Crippen molar-refractivity contribution in [2.45, 2.75) is 32.2 Å². The van der Waals surface area contributed by atoms with Gasteiger partial charge in [0.05, 0.1) is 10.6 Å². The van der Waals surface area contributed by atoms with E-state index in [-0.39, 0.29) is 17.1 Å². The number of thioether (sulfide) groups is 1. The lowest BCUT2D eigenvalue weighted by Gasteiger charge is -2.34. The summed E-state index contributed by atoms with van der Waals surface area (Å²) in [5.74, 6) is 0.634. The minimum Gasteiger partial charge on any atom is -0.341 e. The number of hydrogen-bond acceptors (Lipinski definition) is 8. The standard InChI is InChI=1S/C17H21N5O3S/c1-10(23)8-13(18)11-3-6-22(7-4-11)16-19-5-2-12(20-16)9-14-15(24)21-17(25)26-14/h2,5,9,11,13H,3-4,6-8,18H2,1H3,(H,21,24,25)/b14-9-. The fourth-order valence-electron chi connectivity index (χ4n) is 3.18. The molecule has 0 aromatic carbocycles. The van der Waals surface area contributed by atoms with Crippen molar-refractivity contribution in [3.8, 4) is 0 Å². The second-order valence-electron chi connectivity index (χ2n) is 6.53. The predicted molar refractivity (Wildman–Crippen MR) is 99.3 cm³/mol. The summed E-state index contributed by atoms with van der Waals surface area (Å²) in [5.41, 5.74) is 6.71. The van der Waals surface area contributed by atoms with E-state index in [9.17, 15) is 14.4 Å². The molecule has 2 aliphatic heterocycles. The minimum atomic E-state index is -0.402. The van der Waals surface area contributed by atoms with Crippen LogP contribution in [0.2, 0.25) is 0 Å². The van der Waals surface area contributed by atoms with Crippen LogP contribution in [0.4, 0.5) is 10.7 Å². The first-order chi connectivity index (χ1) is 12.4. The van der Waals surface area contributed by atoms with E-state index in [2.05, 4.69) is 20.2 Å². The van der Waals surface area contributed by atoms with Gasteiger partial charge in [-0.3, -0.25) is 19.7 Å². The molecule has 3 rings (SSSR count). The van der Waals surface area contributed by atoms with Gasteiger partial charge in [-0.15, -0.1) is 0 Å². The number of rotatable bonds is 5. The Bertz CT molecular complexity index is 759. The lowest BCUT2D eigenvalue weighted by Crippen LogP contribution is -2.42. The van der Waals surface area contributed by atoms with E-state index in [1.165, 1.54) is 0 Å². The molecule has 0 saturated carbocycles. The molecule has 1 aromatic rings. The Morgan fingerprint density at radius 1 is 1.46 bits per heavy atom. The maximum Gasteiger partial charge on any atom is 0.290 e. The van der Waals surface area contributed by atoms with E-state index in [4.69, 9.17) is 5.73 Å². The second-order valence-corrected chi connectivity index (χ2v) is 7.54. The Morgan fingerprint density at radius 2 is 2.19 bits per heavy atom. The van der Waals surface area contributed by atoms with Crippen LogP contribution in [-0.2, 0) is 9.59 Å². The third-order valence-electron chi connectivity index (χ3n) is 4.54. The molecule has 1 atom stereocenters. The van der Waals surface area contributed by atoms with E-state index in [1.807, 2.05) is 0 Å². The van der Waals surface area contributed by atoms with E-state index in [0.29, 0.717) is 28.9 Å². The molecule has 0 spiro atoms. The van der Waals surface area contributed by atoms with Crippen molar-refractivity contribution >= 4 is 40.7 Å². The van der Waals surface area contributed by atoms with Gasteiger partial charge < -0.3 is 10.6 Å². The molecular formula is C17H21N5O3S. The number of Topliss-reactive ketones (excluding diaryl/α,β-unsaturated/α-hetero) is 1. The van der Waals surface area contributed by atoms with Crippen LogP contribution in [0.5, 0.6) is 0 Å². The van der Waals surface area contributed by atoms with Crippen molar-refractivity contribution in [1.82, 2.24) is 15.3 Å². The quantitative estimate of drug-likeness (QED) is 0.740. The molecular weight excluding hydrogens is 354 g/mol. The Balaban J connectivity index is 1.64. The Labute approximate surface area is 155 Å². The Morgan fingerprint density at radius 3 is 2.81 bits per heavy atom. The zero-order chi connectivity index (χ0) is 18.7. The number of nitrogens with two attached hydrogens (primary N) is 1. The van der Waals surface area contributed by atoms with Gasteiger partial charge in [0, 0.05) is 31.7 Å². The first-order valence-corrected chi connectivity index (χ1v) is 9.32. The molecule has 26 heavy (non-hydrogen) atoms. The highest BCUT2D eigenvalue weighted by Gasteiger charge is 2.27. The first-order valence-electron chi connectivity index (χ1n) is 8.50. The monoisotopic (exact) mass is 375 g/mol. The highest BCUT2D eigenvalue weighted by Crippen LogP contribution is 2.26. The summed E-state index contributed by atoms with van der Waals surface area (Å²) in [6.45, 7) is 3.10. The van der Waals surface area contributed by atoms with Crippen molar-refractivity contribution in [3.63, 3.8) is 0 Å². The molecule has 3 heterocycles. The van der Waals surface area contributed by atoms with Crippen molar-refractivity contribution in [1.29, 1.82) is 0 Å². The molecule has 0 bridgehead atoms. The Kier molecular flexibility index (Phi) is 5.67. The van der Waals surface area contributed by atoms with Crippen LogP contribution in [0, 0.1) is 5.92 Å². The van der Waals surface area contributed by atoms with Gasteiger partial charge in [0.1, 0.15) is 5.78 Å². The van der Waals surface area contributed by atoms with Gasteiger partial charge in [-0.1, -0.05) is 0 Å². The van der Waals surface area contributed by atoms with Gasteiger partial charge >= 0.3 is 0 Å². The van der Waals surface area contributed by atoms with Crippen molar-refractivity contribution in [2.24, 2.45) is 11.7 Å². The van der Waals surface area contributed by atoms with Crippen LogP contribution in [0.3, 0.4) is 0 Å². The summed E-state index contributed by atoms with van der Waals surface area (Å²) < 4.78 is 0. The van der Waals surface area contributed by atoms with Crippen LogP contribution in [0.15, 0.2) is 17.2 Å². The maximum absolute atomic E-state index is 11.6. The zero-order valence-electron chi connectivity index (χ0n) is 14.5. The highest BCUT2D eigenvalue weighted by molar-refractivity contribution is 8.18. The average molecular weight is 375 g/mol. The molecule has 1 unspecified atom stereocenters. The van der Waals surface area contributed by atoms with Gasteiger partial charge in [0.15, 0.2) is 0 Å². The molecule has 2 aliphatic rings. The minimum absolute atomic E-state index is 0.0953. The molecule has 9 heteroatoms. The van der Waals surface area contributed by atoms with Crippen LogP contribution < -0.4 is 16.0 Å². The molecule has 0 radical (unpaired) electrons. The molecule has 0 aliphatic carbocycles. The van der Waals surface area contributed by atoms with Gasteiger partial charge in [-0.25, -0.2) is 9.97 Å². The number of carbonyl (C=O) groups excluding carboxylic acids is 3. The summed E-state index contributed by atoms with van der Waals surface area (Å²) in [4.78, 5) is 45.3. The molecule has 2 fully saturated rings. The normalized spacial score (nSPS) is 21.2.